The molecule has 60 valence electrons. The fourth-order valence-electron chi connectivity index (χ4n) is 1.28. The molecule has 0 amide bonds. The molecule has 1 aliphatic rings. The molecule has 0 aromatic rings. The second-order valence-electron chi connectivity index (χ2n) is 2.65. The zero-order valence-corrected chi connectivity index (χ0v) is 6.71. The number of aliphatic hydroxyl groups is 1. The van der Waals surface area contributed by atoms with Crippen molar-refractivity contribution in [3.8, 4) is 0 Å². The molecule has 0 aliphatic heterocycles. The smallest absolute Gasteiger partial charge is 0.256 e. The summed E-state index contributed by atoms with van der Waals surface area (Å²) in [4.78, 5) is 0. The highest BCUT2D eigenvalue weighted by Gasteiger charge is 2.66. The van der Waals surface area contributed by atoms with Crippen LogP contribution in [0.15, 0.2) is 0 Å². The predicted molar refractivity (Wildman–Crippen MR) is 38.2 cm³/mol. The summed E-state index contributed by atoms with van der Waals surface area (Å²) in [5.41, 5.74) is 0. The molecule has 0 saturated heterocycles. The van der Waals surface area contributed by atoms with Gasteiger partial charge in [0.25, 0.3) is 5.92 Å². The molecular formula is C6H11F2OP. The molecule has 1 nitrogen and oxygen atoms in total. The fraction of sp³-hybridized carbons (Fsp3) is 1.00. The zero-order valence-electron chi connectivity index (χ0n) is 5.56. The largest absolute Gasteiger partial charge is 0.396 e. The molecule has 3 atom stereocenters. The Bertz CT molecular complexity index is 129. The van der Waals surface area contributed by atoms with Gasteiger partial charge in [0.05, 0.1) is 12.5 Å². The number of aliphatic hydroxyl groups excluding tert-OH is 1. The molecule has 10 heavy (non-hydrogen) atoms. The van der Waals surface area contributed by atoms with Crippen molar-refractivity contribution in [3.05, 3.63) is 0 Å². The Morgan fingerprint density at radius 3 is 2.30 bits per heavy atom. The third-order valence-electron chi connectivity index (χ3n) is 2.04. The van der Waals surface area contributed by atoms with Gasteiger partial charge in [-0.1, -0.05) is 0 Å². The van der Waals surface area contributed by atoms with Crippen LogP contribution in [-0.2, 0) is 0 Å². The van der Waals surface area contributed by atoms with E-state index in [-0.39, 0.29) is 6.61 Å². The molecule has 0 spiro atoms. The Morgan fingerprint density at radius 2 is 2.00 bits per heavy atom. The van der Waals surface area contributed by atoms with E-state index in [1.54, 1.807) is 0 Å². The average molecular weight is 168 g/mol. The van der Waals surface area contributed by atoms with Gasteiger partial charge >= 0.3 is 0 Å². The van der Waals surface area contributed by atoms with Crippen molar-refractivity contribution in [1.82, 2.24) is 0 Å². The van der Waals surface area contributed by atoms with Crippen LogP contribution in [0.4, 0.5) is 8.78 Å². The van der Waals surface area contributed by atoms with E-state index in [1.807, 2.05) is 0 Å². The highest BCUT2D eigenvalue weighted by Crippen LogP contribution is 2.56. The molecule has 1 fully saturated rings. The van der Waals surface area contributed by atoms with Crippen LogP contribution < -0.4 is 0 Å². The van der Waals surface area contributed by atoms with Crippen LogP contribution in [0.5, 0.6) is 0 Å². The average Bonchev–Trinajstić information content (AvgIpc) is 2.36. The van der Waals surface area contributed by atoms with Gasteiger partial charge in [-0.05, 0) is 12.6 Å². The van der Waals surface area contributed by atoms with Gasteiger partial charge in [-0.3, -0.25) is 0 Å². The molecule has 0 radical (unpaired) electrons. The number of hydrogen-bond acceptors (Lipinski definition) is 1. The Balaban J connectivity index is 2.37. The first-order valence-corrected chi connectivity index (χ1v) is 4.15. The number of rotatable bonds is 3. The van der Waals surface area contributed by atoms with Crippen LogP contribution in [-0.4, -0.2) is 23.8 Å². The van der Waals surface area contributed by atoms with Crippen LogP contribution >= 0.6 is 9.24 Å². The van der Waals surface area contributed by atoms with E-state index in [1.165, 1.54) is 0 Å². The van der Waals surface area contributed by atoms with Crippen molar-refractivity contribution in [2.24, 2.45) is 11.8 Å². The standard InChI is InChI=1S/C6H11F2OP/c7-6(8)4(1-2-10)5(6)3-9/h4-5,9H,1-3,10H2. The van der Waals surface area contributed by atoms with Crippen molar-refractivity contribution >= 4 is 9.24 Å². The lowest BCUT2D eigenvalue weighted by Crippen LogP contribution is -1.97. The minimum absolute atomic E-state index is 0.373. The maximum Gasteiger partial charge on any atom is 0.256 e. The summed E-state index contributed by atoms with van der Waals surface area (Å²) in [7, 11) is 2.41. The van der Waals surface area contributed by atoms with E-state index < -0.39 is 17.8 Å². The summed E-state index contributed by atoms with van der Waals surface area (Å²) in [5, 5.41) is 8.45. The van der Waals surface area contributed by atoms with E-state index >= 15 is 0 Å². The van der Waals surface area contributed by atoms with E-state index in [0.717, 1.165) is 0 Å². The maximum absolute atomic E-state index is 12.5. The second-order valence-corrected chi connectivity index (χ2v) is 3.22. The minimum Gasteiger partial charge on any atom is -0.396 e. The predicted octanol–water partition coefficient (Wildman–Crippen LogP) is 1.13. The van der Waals surface area contributed by atoms with Gasteiger partial charge in [0, 0.05) is 5.92 Å². The topological polar surface area (TPSA) is 20.2 Å². The van der Waals surface area contributed by atoms with Crippen molar-refractivity contribution in [2.45, 2.75) is 12.3 Å². The molecule has 4 heteroatoms. The first-order chi connectivity index (χ1) is 4.64. The van der Waals surface area contributed by atoms with Crippen LogP contribution in [0.25, 0.3) is 0 Å². The van der Waals surface area contributed by atoms with Gasteiger partial charge < -0.3 is 5.11 Å². The van der Waals surface area contributed by atoms with Gasteiger partial charge in [0.2, 0.25) is 0 Å². The first kappa shape index (κ1) is 8.35. The normalized spacial score (nSPS) is 36.0. The highest BCUT2D eigenvalue weighted by atomic mass is 31.0. The number of halogens is 2. The summed E-state index contributed by atoms with van der Waals surface area (Å²) < 4.78 is 25.0. The Labute approximate surface area is 61.0 Å². The molecule has 1 aliphatic carbocycles. The van der Waals surface area contributed by atoms with E-state index in [4.69, 9.17) is 5.11 Å². The van der Waals surface area contributed by atoms with Gasteiger partial charge in [0.1, 0.15) is 0 Å². The summed E-state index contributed by atoms with van der Waals surface area (Å²) in [5.74, 6) is -3.89. The van der Waals surface area contributed by atoms with E-state index in [9.17, 15) is 8.78 Å². The molecule has 0 bridgehead atoms. The lowest BCUT2D eigenvalue weighted by Gasteiger charge is -1.90. The highest BCUT2D eigenvalue weighted by molar-refractivity contribution is 7.16. The Hall–Kier alpha value is 0.250. The SMILES string of the molecule is OCC1C(CCP)C1(F)F. The minimum atomic E-state index is -2.58. The van der Waals surface area contributed by atoms with Crippen LogP contribution in [0.3, 0.4) is 0 Å². The van der Waals surface area contributed by atoms with Gasteiger partial charge in [-0.2, -0.15) is 0 Å². The summed E-state index contributed by atoms with van der Waals surface area (Å²) >= 11 is 0. The molecule has 1 saturated carbocycles. The van der Waals surface area contributed by atoms with Gasteiger partial charge in [-0.15, -0.1) is 9.24 Å². The summed E-state index contributed by atoms with van der Waals surface area (Å²) in [6, 6.07) is 0. The molecule has 3 unspecified atom stereocenters. The van der Waals surface area contributed by atoms with Gasteiger partial charge in [-0.25, -0.2) is 8.78 Å². The second kappa shape index (κ2) is 2.71. The molecule has 0 heterocycles. The monoisotopic (exact) mass is 168 g/mol. The third-order valence-corrected chi connectivity index (χ3v) is 2.37. The number of alkyl halides is 2. The molecule has 0 aromatic heterocycles. The molecule has 1 rings (SSSR count). The fourth-order valence-corrected chi connectivity index (χ4v) is 1.64. The summed E-state index contributed by atoms with van der Waals surface area (Å²) in [6.45, 7) is -0.373. The van der Waals surface area contributed by atoms with Crippen LogP contribution in [0, 0.1) is 11.8 Å². The van der Waals surface area contributed by atoms with E-state index in [2.05, 4.69) is 9.24 Å². The van der Waals surface area contributed by atoms with Crippen molar-refractivity contribution < 1.29 is 13.9 Å². The summed E-state index contributed by atoms with van der Waals surface area (Å²) in [6.07, 6.45) is 1.19. The molecular weight excluding hydrogens is 157 g/mol. The maximum atomic E-state index is 12.5. The number of hydrogen-bond donors (Lipinski definition) is 1. The Kier molecular flexibility index (Phi) is 2.26. The first-order valence-electron chi connectivity index (χ1n) is 3.33. The van der Waals surface area contributed by atoms with Gasteiger partial charge in [0.15, 0.2) is 0 Å². The zero-order chi connectivity index (χ0) is 7.78. The van der Waals surface area contributed by atoms with Crippen LogP contribution in [0.2, 0.25) is 0 Å². The lowest BCUT2D eigenvalue weighted by atomic mass is 10.3. The quantitative estimate of drug-likeness (QED) is 0.626. The third kappa shape index (κ3) is 1.17. The molecule has 0 aromatic carbocycles. The van der Waals surface area contributed by atoms with E-state index in [0.29, 0.717) is 12.6 Å². The van der Waals surface area contributed by atoms with Crippen molar-refractivity contribution in [1.29, 1.82) is 0 Å². The lowest BCUT2D eigenvalue weighted by molar-refractivity contribution is 0.0718. The van der Waals surface area contributed by atoms with Crippen molar-refractivity contribution in [2.75, 3.05) is 12.8 Å². The van der Waals surface area contributed by atoms with Crippen LogP contribution in [0.1, 0.15) is 6.42 Å². The molecule has 1 N–H and O–H groups in total. The Morgan fingerprint density at radius 1 is 1.40 bits per heavy atom. The van der Waals surface area contributed by atoms with Crippen molar-refractivity contribution in [3.63, 3.8) is 0 Å².